The lowest BCUT2D eigenvalue weighted by Gasteiger charge is -2.11. The Morgan fingerprint density at radius 1 is 1.09 bits per heavy atom. The van der Waals surface area contributed by atoms with E-state index in [0.717, 1.165) is 51.8 Å². The molecule has 2 aromatic carbocycles. The highest BCUT2D eigenvalue weighted by atomic mass is 32.1. The quantitative estimate of drug-likeness (QED) is 0.310. The molecule has 7 heteroatoms. The predicted octanol–water partition coefficient (Wildman–Crippen LogP) is 6.46. The maximum absolute atomic E-state index is 11.2. The van der Waals surface area contributed by atoms with Gasteiger partial charge >= 0.3 is 6.16 Å². The largest absolute Gasteiger partial charge is 0.512 e. The van der Waals surface area contributed by atoms with E-state index in [-0.39, 0.29) is 0 Å². The second-order valence-corrected chi connectivity index (χ2v) is 9.69. The molecule has 0 unspecified atom stereocenters. The maximum Gasteiger partial charge on any atom is 0.512 e. The van der Waals surface area contributed by atoms with Crippen molar-refractivity contribution in [2.24, 2.45) is 0 Å². The fourth-order valence-corrected chi connectivity index (χ4v) is 5.31. The zero-order valence-electron chi connectivity index (χ0n) is 18.0. The summed E-state index contributed by atoms with van der Waals surface area (Å²) in [5.41, 5.74) is 6.51. The number of carboxylic acid groups (broad SMARTS) is 1. The van der Waals surface area contributed by atoms with E-state index in [0.29, 0.717) is 23.4 Å². The molecular weight excluding hydrogens is 434 g/mol. The Labute approximate surface area is 195 Å². The van der Waals surface area contributed by atoms with Crippen molar-refractivity contribution in [1.82, 2.24) is 9.97 Å². The van der Waals surface area contributed by atoms with E-state index in [1.807, 2.05) is 6.07 Å². The molecule has 2 fully saturated rings. The fraction of sp³-hybridized carbons (Fsp3) is 0.269. The first kappa shape index (κ1) is 20.2. The molecule has 4 aromatic rings. The van der Waals surface area contributed by atoms with Crippen molar-refractivity contribution >= 4 is 34.2 Å². The van der Waals surface area contributed by atoms with Crippen LogP contribution < -0.4 is 10.1 Å². The van der Waals surface area contributed by atoms with Crippen LogP contribution in [0.3, 0.4) is 0 Å². The van der Waals surface area contributed by atoms with Gasteiger partial charge in [-0.1, -0.05) is 30.3 Å². The molecule has 2 N–H and O–H groups in total. The Morgan fingerprint density at radius 3 is 2.73 bits per heavy atom. The summed E-state index contributed by atoms with van der Waals surface area (Å²) in [6, 6.07) is 15.2. The molecule has 33 heavy (non-hydrogen) atoms. The molecule has 0 atom stereocenters. The van der Waals surface area contributed by atoms with Crippen LogP contribution in [0.4, 0.5) is 10.6 Å². The van der Waals surface area contributed by atoms with Gasteiger partial charge in [0.15, 0.2) is 5.06 Å². The number of ether oxygens (including phenoxy) is 1. The van der Waals surface area contributed by atoms with Crippen LogP contribution >= 0.6 is 11.3 Å². The van der Waals surface area contributed by atoms with Gasteiger partial charge in [-0.3, -0.25) is 0 Å². The zero-order chi connectivity index (χ0) is 22.4. The van der Waals surface area contributed by atoms with Crippen molar-refractivity contribution < 1.29 is 14.6 Å². The lowest BCUT2D eigenvalue weighted by molar-refractivity contribution is 0.145. The fourth-order valence-electron chi connectivity index (χ4n) is 4.29. The van der Waals surface area contributed by atoms with Crippen LogP contribution in [-0.2, 0) is 6.42 Å². The second kappa shape index (κ2) is 8.15. The van der Waals surface area contributed by atoms with E-state index in [9.17, 15) is 4.79 Å². The van der Waals surface area contributed by atoms with Crippen LogP contribution in [0.5, 0.6) is 5.06 Å². The first-order chi connectivity index (χ1) is 16.1. The highest BCUT2D eigenvalue weighted by Gasteiger charge is 2.29. The van der Waals surface area contributed by atoms with E-state index in [2.05, 4.69) is 57.1 Å². The minimum Gasteiger partial charge on any atom is -0.449 e. The van der Waals surface area contributed by atoms with Gasteiger partial charge in [0.05, 0.1) is 5.52 Å². The molecule has 2 aliphatic rings. The van der Waals surface area contributed by atoms with Gasteiger partial charge in [-0.05, 0) is 71.4 Å². The molecule has 0 spiro atoms. The van der Waals surface area contributed by atoms with Crippen LogP contribution in [0.25, 0.3) is 22.0 Å². The standard InChI is InChI=1S/C26H23N3O3S/c30-26(31)32-25-20(22(13-33-25)16-4-5-16)11-15-2-1-3-17(10-15)18-6-9-23-21(12-18)24(28-14-27-23)29-19-7-8-19/h1-3,6,9-10,12-14,16,19H,4-5,7-8,11H2,(H,30,31)(H,27,28,29). The Hall–Kier alpha value is -3.45. The molecule has 2 heterocycles. The predicted molar refractivity (Wildman–Crippen MR) is 129 cm³/mol. The average molecular weight is 458 g/mol. The number of hydrogen-bond acceptors (Lipinski definition) is 6. The topological polar surface area (TPSA) is 84.3 Å². The molecule has 0 amide bonds. The molecule has 2 aliphatic carbocycles. The van der Waals surface area contributed by atoms with E-state index >= 15 is 0 Å². The number of aromatic nitrogens is 2. The number of carbonyl (C=O) groups is 1. The molecule has 2 aromatic heterocycles. The Morgan fingerprint density at radius 2 is 1.94 bits per heavy atom. The molecule has 6 rings (SSSR count). The van der Waals surface area contributed by atoms with Crippen molar-refractivity contribution in [1.29, 1.82) is 0 Å². The van der Waals surface area contributed by atoms with Crippen LogP contribution in [-0.4, -0.2) is 27.3 Å². The van der Waals surface area contributed by atoms with Crippen LogP contribution in [0.2, 0.25) is 0 Å². The molecular formula is C26H23N3O3S. The first-order valence-electron chi connectivity index (χ1n) is 11.3. The van der Waals surface area contributed by atoms with Crippen molar-refractivity contribution in [3.63, 3.8) is 0 Å². The molecule has 0 saturated heterocycles. The van der Waals surface area contributed by atoms with E-state index < -0.39 is 6.16 Å². The average Bonchev–Trinajstić information content (AvgIpc) is 3.75. The van der Waals surface area contributed by atoms with Gasteiger partial charge in [-0.15, -0.1) is 11.3 Å². The number of hydrogen-bond donors (Lipinski definition) is 2. The van der Waals surface area contributed by atoms with Crippen molar-refractivity contribution in [3.05, 3.63) is 70.9 Å². The third-order valence-corrected chi connectivity index (χ3v) is 7.20. The summed E-state index contributed by atoms with van der Waals surface area (Å²) in [5.74, 6) is 1.42. The van der Waals surface area contributed by atoms with Crippen molar-refractivity contribution in [2.45, 2.75) is 44.1 Å². The summed E-state index contributed by atoms with van der Waals surface area (Å²) in [7, 11) is 0. The summed E-state index contributed by atoms with van der Waals surface area (Å²) in [6.07, 6.45) is 5.69. The van der Waals surface area contributed by atoms with Crippen LogP contribution in [0, 0.1) is 0 Å². The van der Waals surface area contributed by atoms with Crippen LogP contribution in [0.15, 0.2) is 54.2 Å². The van der Waals surface area contributed by atoms with Gasteiger partial charge in [0.1, 0.15) is 12.1 Å². The number of rotatable bonds is 7. The highest BCUT2D eigenvalue weighted by Crippen LogP contribution is 2.47. The number of thiophene rings is 1. The van der Waals surface area contributed by atoms with Crippen molar-refractivity contribution in [2.75, 3.05) is 5.32 Å². The highest BCUT2D eigenvalue weighted by molar-refractivity contribution is 7.12. The summed E-state index contributed by atoms with van der Waals surface area (Å²) in [4.78, 5) is 20.1. The molecule has 0 aliphatic heterocycles. The maximum atomic E-state index is 11.2. The summed E-state index contributed by atoms with van der Waals surface area (Å²) in [6.45, 7) is 0. The summed E-state index contributed by atoms with van der Waals surface area (Å²) < 4.78 is 5.10. The Balaban J connectivity index is 1.33. The number of fused-ring (bicyclic) bond motifs is 1. The smallest absolute Gasteiger partial charge is 0.449 e. The monoisotopic (exact) mass is 457 g/mol. The van der Waals surface area contributed by atoms with Gasteiger partial charge in [0.2, 0.25) is 0 Å². The van der Waals surface area contributed by atoms with Gasteiger partial charge in [-0.2, -0.15) is 0 Å². The van der Waals surface area contributed by atoms with Gasteiger partial charge in [0, 0.05) is 23.4 Å². The van der Waals surface area contributed by atoms with Gasteiger partial charge in [0.25, 0.3) is 0 Å². The number of nitrogens with zero attached hydrogens (tertiary/aromatic N) is 2. The number of nitrogens with one attached hydrogen (secondary N) is 1. The molecule has 6 nitrogen and oxygen atoms in total. The zero-order valence-corrected chi connectivity index (χ0v) is 18.8. The number of anilines is 1. The Kier molecular flexibility index (Phi) is 4.99. The minimum absolute atomic E-state index is 0.494. The normalized spacial score (nSPS) is 15.5. The first-order valence-corrected chi connectivity index (χ1v) is 12.1. The van der Waals surface area contributed by atoms with Gasteiger partial charge < -0.3 is 15.2 Å². The SMILES string of the molecule is O=C(O)Oc1scc(C2CC2)c1Cc1cccc(-c2ccc3ncnc(NC4CC4)c3c2)c1. The summed E-state index contributed by atoms with van der Waals surface area (Å²) >= 11 is 1.38. The molecule has 0 radical (unpaired) electrons. The Bertz CT molecular complexity index is 1360. The van der Waals surface area contributed by atoms with Crippen molar-refractivity contribution in [3.8, 4) is 16.2 Å². The van der Waals surface area contributed by atoms with E-state index in [1.54, 1.807) is 6.33 Å². The lowest BCUT2D eigenvalue weighted by Crippen LogP contribution is -2.04. The van der Waals surface area contributed by atoms with E-state index in [4.69, 9.17) is 9.84 Å². The molecule has 0 bridgehead atoms. The van der Waals surface area contributed by atoms with E-state index in [1.165, 1.54) is 29.7 Å². The third kappa shape index (κ3) is 4.28. The summed E-state index contributed by atoms with van der Waals surface area (Å²) in [5, 5.41) is 16.2. The molecule has 2 saturated carbocycles. The second-order valence-electron chi connectivity index (χ2n) is 8.85. The van der Waals surface area contributed by atoms with Crippen LogP contribution in [0.1, 0.15) is 48.3 Å². The van der Waals surface area contributed by atoms with Gasteiger partial charge in [-0.25, -0.2) is 14.8 Å². The number of benzene rings is 2. The molecule has 166 valence electrons. The lowest BCUT2D eigenvalue weighted by atomic mass is 9.97. The third-order valence-electron chi connectivity index (χ3n) is 6.28. The minimum atomic E-state index is -1.26.